The smallest absolute Gasteiger partial charge is 0.263 e. The molecule has 0 unspecified atom stereocenters. The second-order valence-electron chi connectivity index (χ2n) is 5.33. The van der Waals surface area contributed by atoms with E-state index in [2.05, 4.69) is 0 Å². The zero-order valence-corrected chi connectivity index (χ0v) is 14.0. The van der Waals surface area contributed by atoms with E-state index in [0.29, 0.717) is 5.69 Å². The number of halogens is 2. The first kappa shape index (κ1) is 16.7. The van der Waals surface area contributed by atoms with Crippen molar-refractivity contribution in [2.75, 3.05) is 10.7 Å². The van der Waals surface area contributed by atoms with Gasteiger partial charge in [0.25, 0.3) is 5.91 Å². The first-order valence-electron chi connectivity index (χ1n) is 7.12. The summed E-state index contributed by atoms with van der Waals surface area (Å²) in [6.45, 7) is 0. The molecule has 0 N–H and O–H groups in total. The van der Waals surface area contributed by atoms with Crippen LogP contribution in [0.15, 0.2) is 60.0 Å². The van der Waals surface area contributed by atoms with Gasteiger partial charge in [-0.15, -0.1) is 0 Å². The second-order valence-corrected chi connectivity index (χ2v) is 7.67. The van der Waals surface area contributed by atoms with E-state index in [0.717, 1.165) is 11.5 Å². The number of carbonyl (C=O) groups excluding carboxylic acids is 1. The van der Waals surface area contributed by atoms with Crippen molar-refractivity contribution in [2.24, 2.45) is 0 Å². The molecule has 1 amide bonds. The normalized spacial score (nSPS) is 18.5. The molecule has 0 aliphatic carbocycles. The average Bonchev–Trinajstić information content (AvgIpc) is 2.88. The standard InChI is InChI=1S/C17H13ClFNO3S/c18-14-7-4-8-15(19)16(14)17(21)20(12-5-2-1-3-6-12)13-9-10-24(22,23)11-13/h1-10,13H,11H2/t13-/m0/s1. The van der Waals surface area contributed by atoms with Gasteiger partial charge < -0.3 is 4.90 Å². The number of nitrogens with zero attached hydrogens (tertiary/aromatic N) is 1. The van der Waals surface area contributed by atoms with Gasteiger partial charge in [0.1, 0.15) is 5.82 Å². The van der Waals surface area contributed by atoms with E-state index in [-0.39, 0.29) is 16.3 Å². The van der Waals surface area contributed by atoms with E-state index >= 15 is 0 Å². The number of para-hydroxylation sites is 1. The van der Waals surface area contributed by atoms with E-state index in [9.17, 15) is 17.6 Å². The molecular weight excluding hydrogens is 353 g/mol. The highest BCUT2D eigenvalue weighted by molar-refractivity contribution is 7.94. The molecule has 1 heterocycles. The highest BCUT2D eigenvalue weighted by atomic mass is 35.5. The number of hydrogen-bond acceptors (Lipinski definition) is 3. The minimum absolute atomic E-state index is 0.0224. The molecule has 0 spiro atoms. The lowest BCUT2D eigenvalue weighted by Gasteiger charge is -2.28. The summed E-state index contributed by atoms with van der Waals surface area (Å²) in [5.41, 5.74) is 0.189. The molecule has 124 valence electrons. The third-order valence-corrected chi connectivity index (χ3v) is 5.37. The van der Waals surface area contributed by atoms with Crippen LogP contribution in [0.5, 0.6) is 0 Å². The molecule has 1 atom stereocenters. The molecule has 24 heavy (non-hydrogen) atoms. The number of benzene rings is 2. The predicted molar refractivity (Wildman–Crippen MR) is 91.4 cm³/mol. The number of anilines is 1. The van der Waals surface area contributed by atoms with E-state index < -0.39 is 27.6 Å². The molecule has 1 aliphatic rings. The number of amides is 1. The van der Waals surface area contributed by atoms with Gasteiger partial charge >= 0.3 is 0 Å². The molecule has 0 fully saturated rings. The van der Waals surface area contributed by atoms with Gasteiger partial charge in [-0.05, 0) is 30.3 Å². The van der Waals surface area contributed by atoms with Crippen molar-refractivity contribution < 1.29 is 17.6 Å². The minimum Gasteiger partial charge on any atom is -0.300 e. The quantitative estimate of drug-likeness (QED) is 0.837. The highest BCUT2D eigenvalue weighted by Gasteiger charge is 2.33. The number of hydrogen-bond donors (Lipinski definition) is 0. The van der Waals surface area contributed by atoms with Crippen LogP contribution in [0, 0.1) is 5.82 Å². The minimum atomic E-state index is -3.39. The van der Waals surface area contributed by atoms with Crippen molar-refractivity contribution in [3.63, 3.8) is 0 Å². The van der Waals surface area contributed by atoms with Crippen LogP contribution in [0.1, 0.15) is 10.4 Å². The first-order valence-corrected chi connectivity index (χ1v) is 9.22. The number of rotatable bonds is 3. The van der Waals surface area contributed by atoms with Crippen LogP contribution in [-0.4, -0.2) is 26.1 Å². The van der Waals surface area contributed by atoms with Crippen molar-refractivity contribution in [1.82, 2.24) is 0 Å². The van der Waals surface area contributed by atoms with Crippen LogP contribution in [0.2, 0.25) is 5.02 Å². The number of carbonyl (C=O) groups is 1. The van der Waals surface area contributed by atoms with E-state index in [1.54, 1.807) is 30.3 Å². The lowest BCUT2D eigenvalue weighted by molar-refractivity contribution is 0.0979. The molecule has 0 aromatic heterocycles. The summed E-state index contributed by atoms with van der Waals surface area (Å²) >= 11 is 5.99. The predicted octanol–water partition coefficient (Wildman–Crippen LogP) is 3.44. The van der Waals surface area contributed by atoms with Crippen LogP contribution in [-0.2, 0) is 9.84 Å². The fourth-order valence-electron chi connectivity index (χ4n) is 2.59. The fourth-order valence-corrected chi connectivity index (χ4v) is 4.10. The SMILES string of the molecule is O=C(c1c(F)cccc1Cl)N(c1ccccc1)[C@H]1C=CS(=O)(=O)C1. The largest absolute Gasteiger partial charge is 0.300 e. The molecule has 0 radical (unpaired) electrons. The van der Waals surface area contributed by atoms with Gasteiger partial charge in [-0.2, -0.15) is 0 Å². The maximum Gasteiger partial charge on any atom is 0.263 e. The Morgan fingerprint density at radius 1 is 1.12 bits per heavy atom. The Morgan fingerprint density at radius 3 is 2.42 bits per heavy atom. The molecule has 3 rings (SSSR count). The Morgan fingerprint density at radius 2 is 1.83 bits per heavy atom. The molecule has 4 nitrogen and oxygen atoms in total. The maximum atomic E-state index is 14.1. The fraction of sp³-hybridized carbons (Fsp3) is 0.118. The van der Waals surface area contributed by atoms with Gasteiger partial charge in [-0.1, -0.05) is 35.9 Å². The van der Waals surface area contributed by atoms with E-state index in [1.165, 1.54) is 23.1 Å². The Kier molecular flexibility index (Phi) is 4.43. The van der Waals surface area contributed by atoms with Gasteiger partial charge in [0.2, 0.25) is 0 Å². The number of sulfone groups is 1. The van der Waals surface area contributed by atoms with Crippen molar-refractivity contribution in [2.45, 2.75) is 6.04 Å². The summed E-state index contributed by atoms with van der Waals surface area (Å²) in [4.78, 5) is 14.2. The van der Waals surface area contributed by atoms with E-state index in [1.807, 2.05) is 0 Å². The monoisotopic (exact) mass is 365 g/mol. The molecule has 1 aliphatic heterocycles. The molecule has 2 aromatic rings. The van der Waals surface area contributed by atoms with Crippen LogP contribution in [0.25, 0.3) is 0 Å². The molecule has 2 aromatic carbocycles. The van der Waals surface area contributed by atoms with Crippen molar-refractivity contribution in [3.8, 4) is 0 Å². The summed E-state index contributed by atoms with van der Waals surface area (Å²) in [5.74, 6) is -1.69. The average molecular weight is 366 g/mol. The lowest BCUT2D eigenvalue weighted by Crippen LogP contribution is -2.41. The first-order chi connectivity index (χ1) is 11.4. The Balaban J connectivity index is 2.09. The summed E-state index contributed by atoms with van der Waals surface area (Å²) in [6, 6.07) is 11.8. The van der Waals surface area contributed by atoms with Crippen molar-refractivity contribution in [3.05, 3.63) is 76.4 Å². The third kappa shape index (κ3) is 3.20. The van der Waals surface area contributed by atoms with E-state index in [4.69, 9.17) is 11.6 Å². The zero-order valence-electron chi connectivity index (χ0n) is 12.4. The molecule has 0 saturated heterocycles. The maximum absolute atomic E-state index is 14.1. The lowest BCUT2D eigenvalue weighted by atomic mass is 10.1. The van der Waals surface area contributed by atoms with Gasteiger partial charge in [0.15, 0.2) is 9.84 Å². The summed E-state index contributed by atoms with van der Waals surface area (Å²) in [6.07, 6.45) is 1.43. The Bertz CT molecular complexity index is 892. The zero-order chi connectivity index (χ0) is 17.3. The topological polar surface area (TPSA) is 54.5 Å². The summed E-state index contributed by atoms with van der Waals surface area (Å²) in [7, 11) is -3.39. The molecular formula is C17H13ClFNO3S. The second kappa shape index (κ2) is 6.37. The van der Waals surface area contributed by atoms with Gasteiger partial charge in [0, 0.05) is 11.1 Å². The van der Waals surface area contributed by atoms with Crippen LogP contribution >= 0.6 is 11.6 Å². The third-order valence-electron chi connectivity index (χ3n) is 3.67. The molecule has 0 saturated carbocycles. The highest BCUT2D eigenvalue weighted by Crippen LogP contribution is 2.28. The van der Waals surface area contributed by atoms with Crippen molar-refractivity contribution in [1.29, 1.82) is 0 Å². The Hall–Kier alpha value is -2.18. The van der Waals surface area contributed by atoms with Crippen LogP contribution in [0.4, 0.5) is 10.1 Å². The molecule has 0 bridgehead atoms. The van der Waals surface area contributed by atoms with Crippen LogP contribution < -0.4 is 4.90 Å². The van der Waals surface area contributed by atoms with Gasteiger partial charge in [0.05, 0.1) is 22.4 Å². The summed E-state index contributed by atoms with van der Waals surface area (Å²) < 4.78 is 37.6. The van der Waals surface area contributed by atoms with Gasteiger partial charge in [-0.3, -0.25) is 4.79 Å². The van der Waals surface area contributed by atoms with Crippen molar-refractivity contribution >= 4 is 33.0 Å². The summed E-state index contributed by atoms with van der Waals surface area (Å²) in [5, 5.41) is 1.05. The Labute approximate surface area is 144 Å². The van der Waals surface area contributed by atoms with Crippen LogP contribution in [0.3, 0.4) is 0 Å². The van der Waals surface area contributed by atoms with Gasteiger partial charge in [-0.25, -0.2) is 12.8 Å². The molecule has 7 heteroatoms.